The van der Waals surface area contributed by atoms with E-state index in [2.05, 4.69) is 4.98 Å². The molecule has 0 fully saturated rings. The van der Waals surface area contributed by atoms with Crippen molar-refractivity contribution in [1.29, 1.82) is 0 Å². The molecule has 1 aromatic carbocycles. The Morgan fingerprint density at radius 1 is 1.24 bits per heavy atom. The fourth-order valence-corrected chi connectivity index (χ4v) is 2.81. The first-order valence-corrected chi connectivity index (χ1v) is 8.53. The van der Waals surface area contributed by atoms with Crippen LogP contribution in [0.3, 0.4) is 0 Å². The van der Waals surface area contributed by atoms with Crippen LogP contribution in [0.2, 0.25) is 0 Å². The molecule has 130 valence electrons. The van der Waals surface area contributed by atoms with Gasteiger partial charge in [-0.1, -0.05) is 43.3 Å². The number of carbonyl (C=O) groups is 1. The summed E-state index contributed by atoms with van der Waals surface area (Å²) < 4.78 is 1.81. The molecule has 0 aliphatic carbocycles. The fraction of sp³-hybridized carbons (Fsp3) is 0.300. The number of aromatic nitrogens is 2. The van der Waals surface area contributed by atoms with E-state index in [4.69, 9.17) is 0 Å². The largest absolute Gasteiger partial charge is 0.391 e. The van der Waals surface area contributed by atoms with Gasteiger partial charge in [-0.3, -0.25) is 9.20 Å². The molecule has 2 heterocycles. The van der Waals surface area contributed by atoms with Crippen molar-refractivity contribution in [2.24, 2.45) is 0 Å². The molecule has 3 aromatic rings. The Morgan fingerprint density at radius 3 is 2.72 bits per heavy atom. The number of aliphatic hydroxyl groups is 1. The minimum absolute atomic E-state index is 0.130. The van der Waals surface area contributed by atoms with E-state index in [1.165, 1.54) is 0 Å². The van der Waals surface area contributed by atoms with Crippen LogP contribution < -0.4 is 0 Å². The highest BCUT2D eigenvalue weighted by Gasteiger charge is 2.22. The molecule has 3 rings (SSSR count). The summed E-state index contributed by atoms with van der Waals surface area (Å²) in [5, 5.41) is 10.1. The molecule has 1 N–H and O–H groups in total. The van der Waals surface area contributed by atoms with Crippen molar-refractivity contribution in [3.8, 4) is 0 Å². The fourth-order valence-electron chi connectivity index (χ4n) is 2.81. The summed E-state index contributed by atoms with van der Waals surface area (Å²) in [5.41, 5.74) is 3.34. The highest BCUT2D eigenvalue weighted by Crippen LogP contribution is 2.14. The maximum absolute atomic E-state index is 13.1. The summed E-state index contributed by atoms with van der Waals surface area (Å²) in [5.74, 6) is -0.130. The molecule has 1 unspecified atom stereocenters. The van der Waals surface area contributed by atoms with Gasteiger partial charge in [0.25, 0.3) is 5.91 Å². The highest BCUT2D eigenvalue weighted by atomic mass is 16.3. The lowest BCUT2D eigenvalue weighted by molar-refractivity contribution is 0.0592. The zero-order valence-corrected chi connectivity index (χ0v) is 14.6. The molecule has 0 spiro atoms. The average Bonchev–Trinajstić information content (AvgIpc) is 3.04. The molecular weight excluding hydrogens is 314 g/mol. The van der Waals surface area contributed by atoms with Crippen molar-refractivity contribution in [2.45, 2.75) is 32.9 Å². The zero-order valence-electron chi connectivity index (χ0n) is 14.6. The first-order chi connectivity index (χ1) is 12.1. The molecule has 0 aliphatic heterocycles. The third-order valence-electron chi connectivity index (χ3n) is 4.28. The topological polar surface area (TPSA) is 57.8 Å². The van der Waals surface area contributed by atoms with Crippen LogP contribution in [-0.4, -0.2) is 37.9 Å². The lowest BCUT2D eigenvalue weighted by Gasteiger charge is -2.25. The lowest BCUT2D eigenvalue weighted by atomic mass is 10.2. The van der Waals surface area contributed by atoms with Crippen LogP contribution in [-0.2, 0) is 6.54 Å². The Balaban J connectivity index is 1.93. The summed E-state index contributed by atoms with van der Waals surface area (Å²) in [4.78, 5) is 19.2. The Morgan fingerprint density at radius 2 is 2.00 bits per heavy atom. The minimum Gasteiger partial charge on any atom is -0.391 e. The molecular formula is C20H23N3O2. The monoisotopic (exact) mass is 337 g/mol. The number of imidazole rings is 1. The third kappa shape index (κ3) is 3.88. The first kappa shape index (κ1) is 17.2. The highest BCUT2D eigenvalue weighted by molar-refractivity contribution is 5.93. The van der Waals surface area contributed by atoms with Gasteiger partial charge < -0.3 is 10.0 Å². The molecule has 25 heavy (non-hydrogen) atoms. The van der Waals surface area contributed by atoms with Crippen molar-refractivity contribution in [3.05, 3.63) is 71.7 Å². The number of aliphatic hydroxyl groups excluding tert-OH is 1. The molecule has 0 saturated carbocycles. The summed E-state index contributed by atoms with van der Waals surface area (Å²) in [6.07, 6.45) is 3.57. The number of benzene rings is 1. The quantitative estimate of drug-likeness (QED) is 0.752. The molecule has 2 aromatic heterocycles. The van der Waals surface area contributed by atoms with E-state index in [-0.39, 0.29) is 5.91 Å². The normalized spacial score (nSPS) is 12.3. The molecule has 1 amide bonds. The Hall–Kier alpha value is -2.66. The van der Waals surface area contributed by atoms with Gasteiger partial charge in [0.1, 0.15) is 11.3 Å². The smallest absolute Gasteiger partial charge is 0.272 e. The Labute approximate surface area is 147 Å². The van der Waals surface area contributed by atoms with E-state index in [0.29, 0.717) is 25.2 Å². The van der Waals surface area contributed by atoms with Crippen LogP contribution in [0, 0.1) is 6.92 Å². The van der Waals surface area contributed by atoms with Crippen molar-refractivity contribution < 1.29 is 9.90 Å². The zero-order chi connectivity index (χ0) is 17.8. The van der Waals surface area contributed by atoms with Crippen molar-refractivity contribution >= 4 is 11.6 Å². The molecule has 0 bridgehead atoms. The van der Waals surface area contributed by atoms with Gasteiger partial charge in [-0.2, -0.15) is 0 Å². The molecule has 1 atom stereocenters. The van der Waals surface area contributed by atoms with E-state index in [1.807, 2.05) is 66.9 Å². The van der Waals surface area contributed by atoms with Gasteiger partial charge in [-0.05, 0) is 30.5 Å². The van der Waals surface area contributed by atoms with Crippen molar-refractivity contribution in [3.63, 3.8) is 0 Å². The molecule has 5 nitrogen and oxygen atoms in total. The number of rotatable bonds is 6. The number of aryl methyl sites for hydroxylation is 1. The minimum atomic E-state index is -0.548. The molecule has 0 saturated heterocycles. The maximum Gasteiger partial charge on any atom is 0.272 e. The van der Waals surface area contributed by atoms with E-state index in [0.717, 1.165) is 16.8 Å². The van der Waals surface area contributed by atoms with Crippen LogP contribution in [0.1, 0.15) is 35.0 Å². The van der Waals surface area contributed by atoms with Crippen LogP contribution in [0.4, 0.5) is 0 Å². The summed E-state index contributed by atoms with van der Waals surface area (Å²) in [6.45, 7) is 4.64. The summed E-state index contributed by atoms with van der Waals surface area (Å²) in [7, 11) is 0. The van der Waals surface area contributed by atoms with Gasteiger partial charge >= 0.3 is 0 Å². The predicted molar refractivity (Wildman–Crippen MR) is 97.4 cm³/mol. The van der Waals surface area contributed by atoms with Crippen LogP contribution in [0.15, 0.2) is 54.9 Å². The van der Waals surface area contributed by atoms with Gasteiger partial charge in [-0.25, -0.2) is 4.98 Å². The van der Waals surface area contributed by atoms with Crippen molar-refractivity contribution in [1.82, 2.24) is 14.3 Å². The van der Waals surface area contributed by atoms with E-state index >= 15 is 0 Å². The van der Waals surface area contributed by atoms with Gasteiger partial charge in [0.05, 0.1) is 12.3 Å². The molecule has 5 heteroatoms. The first-order valence-electron chi connectivity index (χ1n) is 8.53. The number of carbonyl (C=O) groups excluding carboxylic acids is 1. The standard InChI is InChI=1S/C20H23N3O2/c1-3-17(24)14-22(13-16-7-5-4-6-8-16)20(25)18-11-21-19-10-9-15(2)12-23(18)19/h4-12,17,24H,3,13-14H2,1-2H3. The molecule has 0 aliphatic rings. The lowest BCUT2D eigenvalue weighted by Crippen LogP contribution is -2.37. The van der Waals surface area contributed by atoms with Crippen LogP contribution in [0.25, 0.3) is 5.65 Å². The number of fused-ring (bicyclic) bond motifs is 1. The van der Waals surface area contributed by atoms with Crippen molar-refractivity contribution in [2.75, 3.05) is 6.54 Å². The number of pyridine rings is 1. The predicted octanol–water partition coefficient (Wildman–Crippen LogP) is 3.06. The number of nitrogens with zero attached hydrogens (tertiary/aromatic N) is 3. The second-order valence-electron chi connectivity index (χ2n) is 6.31. The summed E-state index contributed by atoms with van der Waals surface area (Å²) in [6, 6.07) is 13.7. The second kappa shape index (κ2) is 7.49. The number of hydrogen-bond donors (Lipinski definition) is 1. The maximum atomic E-state index is 13.1. The van der Waals surface area contributed by atoms with Gasteiger partial charge in [0, 0.05) is 19.3 Å². The SMILES string of the molecule is CCC(O)CN(Cc1ccccc1)C(=O)c1cnc2ccc(C)cn12. The number of hydrogen-bond acceptors (Lipinski definition) is 3. The van der Waals surface area contributed by atoms with Gasteiger partial charge in [0.2, 0.25) is 0 Å². The van der Waals surface area contributed by atoms with Gasteiger partial charge in [0.15, 0.2) is 0 Å². The second-order valence-corrected chi connectivity index (χ2v) is 6.31. The van der Waals surface area contributed by atoms with E-state index in [9.17, 15) is 9.90 Å². The van der Waals surface area contributed by atoms with Crippen LogP contribution >= 0.6 is 0 Å². The van der Waals surface area contributed by atoms with E-state index in [1.54, 1.807) is 11.1 Å². The third-order valence-corrected chi connectivity index (χ3v) is 4.28. The van der Waals surface area contributed by atoms with E-state index < -0.39 is 6.10 Å². The molecule has 0 radical (unpaired) electrons. The van der Waals surface area contributed by atoms with Crippen LogP contribution in [0.5, 0.6) is 0 Å². The number of amides is 1. The Bertz CT molecular complexity index is 858. The average molecular weight is 337 g/mol. The summed E-state index contributed by atoms with van der Waals surface area (Å²) >= 11 is 0. The Kier molecular flexibility index (Phi) is 5.14. The van der Waals surface area contributed by atoms with Gasteiger partial charge in [-0.15, -0.1) is 0 Å².